The summed E-state index contributed by atoms with van der Waals surface area (Å²) in [7, 11) is 0. The van der Waals surface area contributed by atoms with Gasteiger partial charge in [-0.2, -0.15) is 0 Å². The Morgan fingerprint density at radius 2 is 1.94 bits per heavy atom. The highest BCUT2D eigenvalue weighted by atomic mass is 16.5. The van der Waals surface area contributed by atoms with Crippen LogP contribution >= 0.6 is 0 Å². The van der Waals surface area contributed by atoms with Crippen molar-refractivity contribution in [2.45, 2.75) is 41.0 Å². The minimum Gasteiger partial charge on any atom is -0.378 e. The molecule has 0 fully saturated rings. The van der Waals surface area contributed by atoms with Crippen molar-refractivity contribution >= 4 is 5.91 Å². The van der Waals surface area contributed by atoms with Crippen molar-refractivity contribution in [3.05, 3.63) is 0 Å². The van der Waals surface area contributed by atoms with Gasteiger partial charge in [0.2, 0.25) is 5.91 Å². The lowest BCUT2D eigenvalue weighted by Crippen LogP contribution is -2.36. The molecule has 0 radical (unpaired) electrons. The van der Waals surface area contributed by atoms with E-state index in [9.17, 15) is 4.79 Å². The molecule has 4 nitrogen and oxygen atoms in total. The zero-order valence-corrected chi connectivity index (χ0v) is 12.7. The molecule has 0 saturated heterocycles. The van der Waals surface area contributed by atoms with E-state index < -0.39 is 0 Å². The summed E-state index contributed by atoms with van der Waals surface area (Å²) in [5.41, 5.74) is 5.52. The first-order valence-corrected chi connectivity index (χ1v) is 6.88. The molecular weight excluding hydrogens is 228 g/mol. The maximum atomic E-state index is 12.1. The maximum Gasteiger partial charge on any atom is 0.222 e. The summed E-state index contributed by atoms with van der Waals surface area (Å²) >= 11 is 0. The fourth-order valence-electron chi connectivity index (χ4n) is 1.52. The van der Waals surface area contributed by atoms with E-state index in [0.29, 0.717) is 38.6 Å². The number of likely N-dealkylation sites (N-methyl/N-ethyl adjacent to an activating group) is 1. The molecule has 0 aromatic rings. The Bertz CT molecular complexity index is 236. The number of carbonyl (C=O) groups excluding carboxylic acids is 1. The second kappa shape index (κ2) is 8.48. The number of hydrogen-bond donors (Lipinski definition) is 1. The fourth-order valence-corrected chi connectivity index (χ4v) is 1.52. The Hall–Kier alpha value is -0.610. The van der Waals surface area contributed by atoms with E-state index in [1.807, 2.05) is 11.8 Å². The van der Waals surface area contributed by atoms with E-state index in [4.69, 9.17) is 10.5 Å². The Kier molecular flexibility index (Phi) is 8.20. The first-order valence-electron chi connectivity index (χ1n) is 6.88. The molecule has 0 aromatic carbocycles. The smallest absolute Gasteiger partial charge is 0.222 e. The highest BCUT2D eigenvalue weighted by Gasteiger charge is 2.24. The first kappa shape index (κ1) is 17.4. The number of rotatable bonds is 8. The topological polar surface area (TPSA) is 55.6 Å². The van der Waals surface area contributed by atoms with Gasteiger partial charge in [-0.05, 0) is 18.3 Å². The van der Waals surface area contributed by atoms with Gasteiger partial charge in [-0.15, -0.1) is 0 Å². The lowest BCUT2D eigenvalue weighted by Gasteiger charge is -2.29. The molecule has 18 heavy (non-hydrogen) atoms. The van der Waals surface area contributed by atoms with Crippen LogP contribution < -0.4 is 5.73 Å². The number of carbonyl (C=O) groups is 1. The van der Waals surface area contributed by atoms with Gasteiger partial charge in [0.15, 0.2) is 0 Å². The Morgan fingerprint density at radius 1 is 1.33 bits per heavy atom. The van der Waals surface area contributed by atoms with Crippen LogP contribution in [-0.2, 0) is 9.53 Å². The van der Waals surface area contributed by atoms with Crippen molar-refractivity contribution in [1.82, 2.24) is 4.90 Å². The number of amides is 1. The van der Waals surface area contributed by atoms with Gasteiger partial charge >= 0.3 is 0 Å². The highest BCUT2D eigenvalue weighted by Crippen LogP contribution is 2.28. The number of hydrogen-bond acceptors (Lipinski definition) is 3. The largest absolute Gasteiger partial charge is 0.378 e. The van der Waals surface area contributed by atoms with Gasteiger partial charge in [-0.1, -0.05) is 27.7 Å². The Morgan fingerprint density at radius 3 is 2.39 bits per heavy atom. The predicted molar refractivity (Wildman–Crippen MR) is 75.4 cm³/mol. The number of nitrogens with zero attached hydrogens (tertiary/aromatic N) is 1. The molecule has 0 aromatic heterocycles. The van der Waals surface area contributed by atoms with Crippen LogP contribution in [-0.4, -0.2) is 43.7 Å². The minimum absolute atomic E-state index is 0.172. The van der Waals surface area contributed by atoms with Crippen LogP contribution in [0.1, 0.15) is 41.0 Å². The fraction of sp³-hybridized carbons (Fsp3) is 0.929. The van der Waals surface area contributed by atoms with E-state index in [0.717, 1.165) is 6.54 Å². The van der Waals surface area contributed by atoms with E-state index in [1.165, 1.54) is 0 Å². The Balaban J connectivity index is 4.10. The van der Waals surface area contributed by atoms with Crippen molar-refractivity contribution in [1.29, 1.82) is 0 Å². The van der Waals surface area contributed by atoms with Gasteiger partial charge in [-0.25, -0.2) is 0 Å². The van der Waals surface area contributed by atoms with Crippen molar-refractivity contribution in [3.63, 3.8) is 0 Å². The third-order valence-corrected chi connectivity index (χ3v) is 3.46. The molecule has 0 aliphatic heterocycles. The zero-order chi connectivity index (χ0) is 14.2. The molecule has 4 heteroatoms. The third-order valence-electron chi connectivity index (χ3n) is 3.46. The SMILES string of the molecule is CCN(CCOCCN)C(=O)CC(C)C(C)(C)C. The maximum absolute atomic E-state index is 12.1. The summed E-state index contributed by atoms with van der Waals surface area (Å²) in [6.07, 6.45) is 0.605. The molecular formula is C14H30N2O2. The van der Waals surface area contributed by atoms with Crippen molar-refractivity contribution in [2.75, 3.05) is 32.8 Å². The minimum atomic E-state index is 0.172. The second-order valence-corrected chi connectivity index (χ2v) is 5.85. The molecule has 1 unspecified atom stereocenters. The molecule has 2 N–H and O–H groups in total. The van der Waals surface area contributed by atoms with Crippen LogP contribution in [0.2, 0.25) is 0 Å². The van der Waals surface area contributed by atoms with Gasteiger partial charge in [-0.3, -0.25) is 4.79 Å². The molecule has 0 spiro atoms. The average molecular weight is 258 g/mol. The monoisotopic (exact) mass is 258 g/mol. The lowest BCUT2D eigenvalue weighted by molar-refractivity contribution is -0.133. The van der Waals surface area contributed by atoms with Crippen molar-refractivity contribution in [3.8, 4) is 0 Å². The summed E-state index contributed by atoms with van der Waals surface area (Å²) in [4.78, 5) is 14.0. The normalized spacial score (nSPS) is 13.4. The molecule has 1 atom stereocenters. The third kappa shape index (κ3) is 6.97. The molecule has 0 saturated carbocycles. The van der Waals surface area contributed by atoms with Gasteiger partial charge in [0.05, 0.1) is 13.2 Å². The zero-order valence-electron chi connectivity index (χ0n) is 12.7. The van der Waals surface area contributed by atoms with Gasteiger partial charge in [0, 0.05) is 26.1 Å². The molecule has 0 heterocycles. The highest BCUT2D eigenvalue weighted by molar-refractivity contribution is 5.76. The molecule has 0 aliphatic rings. The molecule has 0 bridgehead atoms. The summed E-state index contributed by atoms with van der Waals surface area (Å²) in [6.45, 7) is 13.7. The van der Waals surface area contributed by atoms with Crippen LogP contribution in [0.5, 0.6) is 0 Å². The molecule has 0 rings (SSSR count). The summed E-state index contributed by atoms with van der Waals surface area (Å²) in [5, 5.41) is 0. The Labute approximate surface area is 112 Å². The van der Waals surface area contributed by atoms with Crippen LogP contribution in [0.3, 0.4) is 0 Å². The van der Waals surface area contributed by atoms with E-state index in [2.05, 4.69) is 27.7 Å². The molecule has 1 amide bonds. The standard InChI is InChI=1S/C14H30N2O2/c1-6-16(8-10-18-9-7-15)13(17)11-12(2)14(3,4)5/h12H,6-11,15H2,1-5H3. The summed E-state index contributed by atoms with van der Waals surface area (Å²) < 4.78 is 5.32. The van der Waals surface area contributed by atoms with Gasteiger partial charge < -0.3 is 15.4 Å². The van der Waals surface area contributed by atoms with Crippen LogP contribution in [0, 0.1) is 11.3 Å². The van der Waals surface area contributed by atoms with Gasteiger partial charge in [0.25, 0.3) is 0 Å². The predicted octanol–water partition coefficient (Wildman–Crippen LogP) is 1.88. The number of nitrogens with two attached hydrogens (primary N) is 1. The quantitative estimate of drug-likeness (QED) is 0.676. The van der Waals surface area contributed by atoms with Crippen LogP contribution in [0.4, 0.5) is 0 Å². The summed E-state index contributed by atoms with van der Waals surface area (Å²) in [6, 6.07) is 0. The van der Waals surface area contributed by atoms with E-state index in [1.54, 1.807) is 0 Å². The van der Waals surface area contributed by atoms with E-state index in [-0.39, 0.29) is 11.3 Å². The second-order valence-electron chi connectivity index (χ2n) is 5.85. The van der Waals surface area contributed by atoms with Gasteiger partial charge in [0.1, 0.15) is 0 Å². The number of ether oxygens (including phenoxy) is 1. The summed E-state index contributed by atoms with van der Waals surface area (Å²) in [5.74, 6) is 0.597. The van der Waals surface area contributed by atoms with E-state index >= 15 is 0 Å². The average Bonchev–Trinajstić information content (AvgIpc) is 2.27. The van der Waals surface area contributed by atoms with Crippen LogP contribution in [0.25, 0.3) is 0 Å². The van der Waals surface area contributed by atoms with Crippen LogP contribution in [0.15, 0.2) is 0 Å². The van der Waals surface area contributed by atoms with Crippen molar-refractivity contribution < 1.29 is 9.53 Å². The molecule has 0 aliphatic carbocycles. The lowest BCUT2D eigenvalue weighted by atomic mass is 9.80. The first-order chi connectivity index (χ1) is 8.32. The molecule has 108 valence electrons. The van der Waals surface area contributed by atoms with Crippen molar-refractivity contribution in [2.24, 2.45) is 17.1 Å².